The molecule has 2 fully saturated rings. The summed E-state index contributed by atoms with van der Waals surface area (Å²) in [5, 5.41) is 21.0. The Bertz CT molecular complexity index is 2970. The third kappa shape index (κ3) is 19.8. The van der Waals surface area contributed by atoms with Crippen LogP contribution in [0.2, 0.25) is 0 Å². The number of rotatable bonds is 18. The molecule has 0 radical (unpaired) electrons. The number of aliphatic carboxylic acids is 1. The molecule has 0 bridgehead atoms. The van der Waals surface area contributed by atoms with Crippen molar-refractivity contribution >= 4 is 82.2 Å². The first-order chi connectivity index (χ1) is 38.9. The molecule has 432 valence electrons. The first-order valence-corrected chi connectivity index (χ1v) is 27.6. The van der Waals surface area contributed by atoms with E-state index in [1.165, 1.54) is 12.7 Å². The van der Waals surface area contributed by atoms with Gasteiger partial charge in [0.15, 0.2) is 0 Å². The number of benzene rings is 2. The molecule has 2 atom stereocenters. The van der Waals surface area contributed by atoms with E-state index < -0.39 is 41.8 Å². The summed E-state index contributed by atoms with van der Waals surface area (Å²) in [6.07, 6.45) is 5.11. The summed E-state index contributed by atoms with van der Waals surface area (Å²) in [6, 6.07) is 27.8. The number of pyridine rings is 2. The van der Waals surface area contributed by atoms with Crippen LogP contribution in [-0.4, -0.2) is 121 Å². The maximum atomic E-state index is 13.0. The number of carbonyl (C=O) groups excluding carboxylic acids is 3. The Balaban J connectivity index is 0.000000250. The molecule has 2 aliphatic heterocycles. The van der Waals surface area contributed by atoms with Gasteiger partial charge in [0.25, 0.3) is 0 Å². The average molecular weight is 1150 g/mol. The van der Waals surface area contributed by atoms with E-state index in [-0.39, 0.29) is 31.6 Å². The van der Waals surface area contributed by atoms with Crippen LogP contribution in [0.25, 0.3) is 0 Å². The van der Waals surface area contributed by atoms with Crippen LogP contribution in [-0.2, 0) is 37.0 Å². The number of carboxylic acid groups (broad SMARTS) is 1. The summed E-state index contributed by atoms with van der Waals surface area (Å²) in [4.78, 5) is 80.5. The van der Waals surface area contributed by atoms with Crippen molar-refractivity contribution in [2.75, 3.05) is 76.5 Å². The van der Waals surface area contributed by atoms with Gasteiger partial charge in [-0.05, 0) is 95.7 Å². The number of esters is 1. The number of halogens is 2. The lowest BCUT2D eigenvalue weighted by atomic mass is 9.93. The third-order valence-corrected chi connectivity index (χ3v) is 13.1. The SMILES string of the molecule is Cc1c(NC[C@H](NC(=O)OCc2ccccc2)C(=O)O)ncnc1N1CCC(c2cccc(N)n2)CC1.Cc1c(NC[C@H](NC(=O)OCc2ccccc2)C(=O)OC(C)(C)C)ncnc1N1CCC(c2cccc(N)n2)CC1.ClCCl. The molecule has 8 rings (SSSR count). The summed E-state index contributed by atoms with van der Waals surface area (Å²) < 4.78 is 16.0. The quantitative estimate of drug-likeness (QED) is 0.0241. The van der Waals surface area contributed by atoms with Crippen molar-refractivity contribution in [3.8, 4) is 0 Å². The Morgan fingerprint density at radius 2 is 1.01 bits per heavy atom. The second-order valence-corrected chi connectivity index (χ2v) is 20.9. The number of hydrogen-bond donors (Lipinski definition) is 7. The minimum Gasteiger partial charge on any atom is -0.480 e. The zero-order valence-electron chi connectivity index (χ0n) is 46.2. The van der Waals surface area contributed by atoms with Crippen molar-refractivity contribution in [1.29, 1.82) is 0 Å². The standard InChI is InChI=1S/C30H39N7O4.C26H31N7O4.CH2Cl2/c1-20-26(33-19-34-27(20)37-15-13-22(14-16-37)23-11-8-12-25(31)35-23)32-17-24(28(38)41-30(2,3)4)36-29(39)40-18-21-9-6-5-7-10-21;1-17-23(28-14-21(25(34)35)32-26(36)37-15-18-6-3-2-4-7-18)29-16-30-24(17)33-12-10-19(11-13-33)20-8-5-9-22(27)31-20;2-1-3/h5-12,19,22,24H,13-18H2,1-4H3,(H2,31,35)(H,36,39)(H,32,33,34);2-9,16,19,21H,10-15H2,1H3,(H2,27,31)(H,32,36)(H,34,35)(H,28,29,30);1H2/t24-;21-;/m00./s1. The Hall–Kier alpha value is -8.24. The average Bonchev–Trinajstić information content (AvgIpc) is 3.58. The number of piperidine rings is 2. The number of anilines is 6. The number of amides is 2. The van der Waals surface area contributed by atoms with E-state index in [1.54, 1.807) is 32.9 Å². The van der Waals surface area contributed by atoms with Crippen LogP contribution >= 0.6 is 23.2 Å². The molecular weight excluding hydrogens is 1080 g/mol. The van der Waals surface area contributed by atoms with Gasteiger partial charge in [-0.15, -0.1) is 23.2 Å². The lowest BCUT2D eigenvalue weighted by Gasteiger charge is -2.33. The van der Waals surface area contributed by atoms with E-state index in [0.29, 0.717) is 35.1 Å². The molecule has 2 aromatic carbocycles. The first kappa shape index (κ1) is 62.0. The molecular formula is C57H72Cl2N14O8. The van der Waals surface area contributed by atoms with Crippen LogP contribution in [0.1, 0.15) is 91.9 Å². The summed E-state index contributed by atoms with van der Waals surface area (Å²) in [5.74, 6) is 2.68. The number of alkyl carbamates (subject to hydrolysis) is 2. The summed E-state index contributed by atoms with van der Waals surface area (Å²) >= 11 is 9.53. The highest BCUT2D eigenvalue weighted by Gasteiger charge is 2.30. The van der Waals surface area contributed by atoms with Gasteiger partial charge in [0, 0.05) is 73.6 Å². The zero-order valence-corrected chi connectivity index (χ0v) is 47.7. The maximum absolute atomic E-state index is 13.0. The monoisotopic (exact) mass is 1150 g/mol. The summed E-state index contributed by atoms with van der Waals surface area (Å²) in [5.41, 5.74) is 16.3. The van der Waals surface area contributed by atoms with E-state index in [1.807, 2.05) is 98.8 Å². The molecule has 22 nitrogen and oxygen atoms in total. The number of carbonyl (C=O) groups is 4. The highest BCUT2D eigenvalue weighted by Crippen LogP contribution is 2.33. The van der Waals surface area contributed by atoms with Gasteiger partial charge in [0.05, 0.1) is 5.34 Å². The van der Waals surface area contributed by atoms with Crippen molar-refractivity contribution in [3.05, 3.63) is 143 Å². The fraction of sp³-hybridized carbons (Fsp3) is 0.404. The number of alkyl halides is 2. The number of ether oxygens (including phenoxy) is 3. The van der Waals surface area contributed by atoms with Crippen LogP contribution in [0.15, 0.2) is 110 Å². The van der Waals surface area contributed by atoms with Gasteiger partial charge in [-0.1, -0.05) is 72.8 Å². The third-order valence-electron chi connectivity index (χ3n) is 13.1. The fourth-order valence-electron chi connectivity index (χ4n) is 9.02. The van der Waals surface area contributed by atoms with Gasteiger partial charge in [-0.2, -0.15) is 0 Å². The van der Waals surface area contributed by atoms with Crippen molar-refractivity contribution in [2.45, 2.75) is 103 Å². The van der Waals surface area contributed by atoms with Gasteiger partial charge in [-0.3, -0.25) is 0 Å². The Morgan fingerprint density at radius 1 is 0.617 bits per heavy atom. The van der Waals surface area contributed by atoms with E-state index >= 15 is 0 Å². The highest BCUT2D eigenvalue weighted by atomic mass is 35.5. The molecule has 0 spiro atoms. The molecule has 0 aliphatic carbocycles. The van der Waals surface area contributed by atoms with Gasteiger partial charge in [0.1, 0.15) is 78.5 Å². The number of aromatic nitrogens is 6. The topological polar surface area (TPSA) is 300 Å². The second kappa shape index (κ2) is 30.9. The largest absolute Gasteiger partial charge is 0.480 e. The molecule has 9 N–H and O–H groups in total. The van der Waals surface area contributed by atoms with Gasteiger partial charge >= 0.3 is 24.1 Å². The fourth-order valence-corrected chi connectivity index (χ4v) is 9.02. The van der Waals surface area contributed by atoms with Crippen LogP contribution in [0.3, 0.4) is 0 Å². The second-order valence-electron chi connectivity index (χ2n) is 20.1. The molecule has 4 aromatic heterocycles. The van der Waals surface area contributed by atoms with Crippen molar-refractivity contribution in [2.24, 2.45) is 0 Å². The van der Waals surface area contributed by atoms with Gasteiger partial charge < -0.3 is 61.9 Å². The number of nitrogens with one attached hydrogen (secondary N) is 4. The number of hydrogen-bond acceptors (Lipinski definition) is 19. The van der Waals surface area contributed by atoms with Gasteiger partial charge in [-0.25, -0.2) is 49.1 Å². The van der Waals surface area contributed by atoms with E-state index in [0.717, 1.165) is 97.1 Å². The zero-order chi connectivity index (χ0) is 58.3. The maximum Gasteiger partial charge on any atom is 0.408 e. The summed E-state index contributed by atoms with van der Waals surface area (Å²) in [7, 11) is 0. The lowest BCUT2D eigenvalue weighted by molar-refractivity contribution is -0.157. The van der Waals surface area contributed by atoms with Crippen molar-refractivity contribution < 1.29 is 38.5 Å². The number of nitrogens with zero attached hydrogens (tertiary/aromatic N) is 8. The number of carboxylic acids is 1. The number of nitrogens with two attached hydrogens (primary N) is 2. The van der Waals surface area contributed by atoms with Crippen molar-refractivity contribution in [3.63, 3.8) is 0 Å². The predicted octanol–water partition coefficient (Wildman–Crippen LogP) is 8.55. The van der Waals surface area contributed by atoms with Crippen LogP contribution in [0, 0.1) is 13.8 Å². The van der Waals surface area contributed by atoms with Crippen molar-refractivity contribution in [1.82, 2.24) is 40.5 Å². The molecule has 2 amide bonds. The molecule has 81 heavy (non-hydrogen) atoms. The molecule has 0 saturated carbocycles. The van der Waals surface area contributed by atoms with Crippen LogP contribution in [0.5, 0.6) is 0 Å². The molecule has 6 heterocycles. The normalized spacial score (nSPS) is 14.3. The van der Waals surface area contributed by atoms with E-state index in [2.05, 4.69) is 61.0 Å². The van der Waals surface area contributed by atoms with Crippen LogP contribution in [0.4, 0.5) is 44.5 Å². The smallest absolute Gasteiger partial charge is 0.408 e. The first-order valence-electron chi connectivity index (χ1n) is 26.5. The van der Waals surface area contributed by atoms with Crippen LogP contribution < -0.4 is 42.5 Å². The van der Waals surface area contributed by atoms with E-state index in [4.69, 9.17) is 48.9 Å². The minimum atomic E-state index is -1.21. The summed E-state index contributed by atoms with van der Waals surface area (Å²) in [6.45, 7) is 12.5. The molecule has 6 aromatic rings. The Labute approximate surface area is 482 Å². The molecule has 0 unspecified atom stereocenters. The molecule has 2 aliphatic rings. The van der Waals surface area contributed by atoms with Gasteiger partial charge in [0.2, 0.25) is 0 Å². The highest BCUT2D eigenvalue weighted by molar-refractivity contribution is 6.40. The molecule has 24 heteroatoms. The predicted molar refractivity (Wildman–Crippen MR) is 313 cm³/mol. The molecule has 2 saturated heterocycles. The Morgan fingerprint density at radius 3 is 1.40 bits per heavy atom. The lowest BCUT2D eigenvalue weighted by Crippen LogP contribution is -2.48. The van der Waals surface area contributed by atoms with E-state index in [9.17, 15) is 24.3 Å². The minimum absolute atomic E-state index is 0.0469. The Kier molecular flexibility index (Phi) is 23.7. The number of nitrogen functional groups attached to an aromatic ring is 2.